The van der Waals surface area contributed by atoms with Crippen LogP contribution in [0.15, 0.2) is 42.5 Å². The first-order chi connectivity index (χ1) is 16.8. The van der Waals surface area contributed by atoms with Gasteiger partial charge in [-0.15, -0.1) is 0 Å². The monoisotopic (exact) mass is 555 g/mol. The molecule has 1 atom stereocenters. The molecule has 2 rings (SSSR count). The number of hydrogen-bond donors (Lipinski definition) is 1. The molecule has 0 aliphatic heterocycles. The number of aryl methyl sites for hydroxylation is 1. The van der Waals surface area contributed by atoms with Gasteiger partial charge in [0, 0.05) is 31.1 Å². The molecule has 0 spiro atoms. The summed E-state index contributed by atoms with van der Waals surface area (Å²) in [6, 6.07) is 11.6. The third-order valence-corrected chi connectivity index (χ3v) is 7.52. The van der Waals surface area contributed by atoms with Gasteiger partial charge in [0.1, 0.15) is 6.04 Å². The number of sulfonamides is 1. The Kier molecular flexibility index (Phi) is 11.1. The van der Waals surface area contributed by atoms with Gasteiger partial charge in [-0.3, -0.25) is 13.9 Å². The van der Waals surface area contributed by atoms with Crippen molar-refractivity contribution in [3.8, 4) is 0 Å². The van der Waals surface area contributed by atoms with Crippen LogP contribution in [0, 0.1) is 12.8 Å². The van der Waals surface area contributed by atoms with E-state index >= 15 is 0 Å². The molecule has 0 saturated carbocycles. The molecule has 2 aromatic carbocycles. The topological polar surface area (TPSA) is 86.8 Å². The zero-order chi connectivity index (χ0) is 27.0. The zero-order valence-electron chi connectivity index (χ0n) is 21.4. The molecule has 198 valence electrons. The summed E-state index contributed by atoms with van der Waals surface area (Å²) in [6.45, 7) is 8.50. The van der Waals surface area contributed by atoms with E-state index in [0.717, 1.165) is 21.7 Å². The van der Waals surface area contributed by atoms with Crippen molar-refractivity contribution < 1.29 is 18.0 Å². The van der Waals surface area contributed by atoms with E-state index in [1.165, 1.54) is 12.1 Å². The van der Waals surface area contributed by atoms with Crippen LogP contribution in [0.5, 0.6) is 0 Å². The Balaban J connectivity index is 2.21. The molecule has 0 aliphatic rings. The van der Waals surface area contributed by atoms with E-state index in [1.807, 2.05) is 45.0 Å². The summed E-state index contributed by atoms with van der Waals surface area (Å²) in [5.74, 6) is -0.188. The van der Waals surface area contributed by atoms with Gasteiger partial charge in [-0.25, -0.2) is 8.42 Å². The third kappa shape index (κ3) is 8.68. The normalized spacial score (nSPS) is 12.3. The standard InChI is InChI=1S/C26H35Cl2N3O4S/c1-18(2)16-29-26(33)20(4)30(17-21-10-7-6-9-19(21)3)25(32)11-8-14-31(36(5,34)35)24-15-22(27)12-13-23(24)28/h6-7,9-10,12-13,15,18,20H,8,11,14,16-17H2,1-5H3,(H,29,33)/t20-/m1/s1. The Morgan fingerprint density at radius 1 is 1.06 bits per heavy atom. The van der Waals surface area contributed by atoms with Crippen molar-refractivity contribution in [3.05, 3.63) is 63.6 Å². The number of carbonyl (C=O) groups is 2. The number of carbonyl (C=O) groups excluding carboxylic acids is 2. The average molecular weight is 557 g/mol. The summed E-state index contributed by atoms with van der Waals surface area (Å²) in [4.78, 5) is 27.7. The number of nitrogens with zero attached hydrogens (tertiary/aromatic N) is 2. The Morgan fingerprint density at radius 2 is 1.72 bits per heavy atom. The Hall–Kier alpha value is -2.29. The second kappa shape index (κ2) is 13.3. The van der Waals surface area contributed by atoms with Crippen molar-refractivity contribution in [1.82, 2.24) is 10.2 Å². The lowest BCUT2D eigenvalue weighted by molar-refractivity contribution is -0.140. The maximum Gasteiger partial charge on any atom is 0.242 e. The fourth-order valence-electron chi connectivity index (χ4n) is 3.67. The van der Waals surface area contributed by atoms with Crippen LogP contribution in [0.2, 0.25) is 10.0 Å². The van der Waals surface area contributed by atoms with E-state index in [9.17, 15) is 18.0 Å². The van der Waals surface area contributed by atoms with E-state index in [4.69, 9.17) is 23.2 Å². The highest BCUT2D eigenvalue weighted by Gasteiger charge is 2.27. The van der Waals surface area contributed by atoms with Gasteiger partial charge < -0.3 is 10.2 Å². The first kappa shape index (κ1) is 29.9. The Labute approximate surface area is 224 Å². The van der Waals surface area contributed by atoms with E-state index < -0.39 is 16.1 Å². The van der Waals surface area contributed by atoms with Crippen LogP contribution in [0.4, 0.5) is 5.69 Å². The number of benzene rings is 2. The summed E-state index contributed by atoms with van der Waals surface area (Å²) >= 11 is 12.3. The molecule has 10 heteroatoms. The molecule has 0 fully saturated rings. The van der Waals surface area contributed by atoms with Crippen molar-refractivity contribution >= 4 is 50.7 Å². The second-order valence-electron chi connectivity index (χ2n) is 9.30. The summed E-state index contributed by atoms with van der Waals surface area (Å²) in [5, 5.41) is 3.49. The van der Waals surface area contributed by atoms with Crippen LogP contribution in [-0.4, -0.2) is 50.5 Å². The minimum Gasteiger partial charge on any atom is -0.354 e. The van der Waals surface area contributed by atoms with Crippen LogP contribution >= 0.6 is 23.2 Å². The molecule has 0 radical (unpaired) electrons. The smallest absolute Gasteiger partial charge is 0.242 e. The van der Waals surface area contributed by atoms with Gasteiger partial charge in [-0.1, -0.05) is 61.3 Å². The fraction of sp³-hybridized carbons (Fsp3) is 0.462. The summed E-state index contributed by atoms with van der Waals surface area (Å²) in [5.41, 5.74) is 2.22. The molecule has 7 nitrogen and oxygen atoms in total. The molecule has 0 saturated heterocycles. The first-order valence-electron chi connectivity index (χ1n) is 11.9. The second-order valence-corrected chi connectivity index (χ2v) is 12.0. The minimum absolute atomic E-state index is 0.0385. The largest absolute Gasteiger partial charge is 0.354 e. The lowest BCUT2D eigenvalue weighted by Gasteiger charge is -2.30. The van der Waals surface area contributed by atoms with Crippen LogP contribution in [0.25, 0.3) is 0 Å². The van der Waals surface area contributed by atoms with Crippen LogP contribution in [-0.2, 0) is 26.2 Å². The van der Waals surface area contributed by atoms with Crippen molar-refractivity contribution in [2.75, 3.05) is 23.7 Å². The maximum atomic E-state index is 13.4. The van der Waals surface area contributed by atoms with Gasteiger partial charge in [0.2, 0.25) is 21.8 Å². The van der Waals surface area contributed by atoms with Gasteiger partial charge in [0.05, 0.1) is 17.0 Å². The van der Waals surface area contributed by atoms with Crippen LogP contribution in [0.1, 0.15) is 44.7 Å². The van der Waals surface area contributed by atoms with E-state index in [2.05, 4.69) is 5.32 Å². The first-order valence-corrected chi connectivity index (χ1v) is 14.5. The summed E-state index contributed by atoms with van der Waals surface area (Å²) in [7, 11) is -3.67. The molecule has 2 aromatic rings. The minimum atomic E-state index is -3.67. The predicted octanol–water partition coefficient (Wildman–Crippen LogP) is 5.04. The number of anilines is 1. The van der Waals surface area contributed by atoms with E-state index in [-0.39, 0.29) is 54.4 Å². The van der Waals surface area contributed by atoms with Gasteiger partial charge in [0.15, 0.2) is 0 Å². The van der Waals surface area contributed by atoms with Crippen LogP contribution < -0.4 is 9.62 Å². The Morgan fingerprint density at radius 3 is 2.33 bits per heavy atom. The van der Waals surface area contributed by atoms with Crippen LogP contribution in [0.3, 0.4) is 0 Å². The molecular weight excluding hydrogens is 521 g/mol. The molecule has 0 aliphatic carbocycles. The van der Waals surface area contributed by atoms with Crippen molar-refractivity contribution in [2.45, 2.75) is 53.1 Å². The number of rotatable bonds is 12. The average Bonchev–Trinajstić information content (AvgIpc) is 2.80. The molecular formula is C26H35Cl2N3O4S. The molecule has 0 heterocycles. The van der Waals surface area contributed by atoms with Gasteiger partial charge >= 0.3 is 0 Å². The highest BCUT2D eigenvalue weighted by molar-refractivity contribution is 7.92. The highest BCUT2D eigenvalue weighted by atomic mass is 35.5. The third-order valence-electron chi connectivity index (χ3n) is 5.78. The van der Waals surface area contributed by atoms with Crippen molar-refractivity contribution in [1.29, 1.82) is 0 Å². The number of amides is 2. The highest BCUT2D eigenvalue weighted by Crippen LogP contribution is 2.31. The van der Waals surface area contributed by atoms with E-state index in [0.29, 0.717) is 11.6 Å². The SMILES string of the molecule is Cc1ccccc1CN(C(=O)CCCN(c1cc(Cl)ccc1Cl)S(C)(=O)=O)[C@H](C)C(=O)NCC(C)C. The predicted molar refractivity (Wildman–Crippen MR) is 147 cm³/mol. The molecule has 0 aromatic heterocycles. The van der Waals surface area contributed by atoms with Gasteiger partial charge in [-0.2, -0.15) is 0 Å². The number of nitrogens with one attached hydrogen (secondary N) is 1. The van der Waals surface area contributed by atoms with E-state index in [1.54, 1.807) is 17.9 Å². The lowest BCUT2D eigenvalue weighted by atomic mass is 10.1. The van der Waals surface area contributed by atoms with Gasteiger partial charge in [-0.05, 0) is 55.5 Å². The Bertz CT molecular complexity index is 1170. The summed E-state index contributed by atoms with van der Waals surface area (Å²) in [6.07, 6.45) is 1.37. The molecule has 36 heavy (non-hydrogen) atoms. The molecule has 0 unspecified atom stereocenters. The summed E-state index contributed by atoms with van der Waals surface area (Å²) < 4.78 is 26.1. The van der Waals surface area contributed by atoms with Crippen molar-refractivity contribution in [3.63, 3.8) is 0 Å². The zero-order valence-corrected chi connectivity index (χ0v) is 23.8. The number of halogens is 2. The molecule has 2 amide bonds. The number of hydrogen-bond acceptors (Lipinski definition) is 4. The quantitative estimate of drug-likeness (QED) is 0.397. The van der Waals surface area contributed by atoms with Gasteiger partial charge in [0.25, 0.3) is 0 Å². The lowest BCUT2D eigenvalue weighted by Crippen LogP contribution is -2.48. The maximum absolute atomic E-state index is 13.4. The molecule has 1 N–H and O–H groups in total. The van der Waals surface area contributed by atoms with Crippen molar-refractivity contribution in [2.24, 2.45) is 5.92 Å². The molecule has 0 bridgehead atoms. The fourth-order valence-corrected chi connectivity index (χ4v) is 5.07.